The maximum Gasteiger partial charge on any atom is 0.271 e. The highest BCUT2D eigenvalue weighted by molar-refractivity contribution is 5.78. The molecule has 0 amide bonds. The molecule has 0 aliphatic carbocycles. The molecule has 6 nitrogen and oxygen atoms in total. The fourth-order valence-corrected chi connectivity index (χ4v) is 2.67. The second-order valence-electron chi connectivity index (χ2n) is 5.56. The second-order valence-corrected chi connectivity index (χ2v) is 5.56. The number of nitrogens with zero attached hydrogens (tertiary/aromatic N) is 3. The van der Waals surface area contributed by atoms with Gasteiger partial charge in [-0.05, 0) is 43.7 Å². The monoisotopic (exact) mass is 337 g/mol. The van der Waals surface area contributed by atoms with Crippen molar-refractivity contribution >= 4 is 34.6 Å². The summed E-state index contributed by atoms with van der Waals surface area (Å²) in [6.45, 7) is 6.21. The summed E-state index contributed by atoms with van der Waals surface area (Å²) >= 11 is 0. The van der Waals surface area contributed by atoms with Gasteiger partial charge in [-0.25, -0.2) is 4.98 Å². The first-order valence-electron chi connectivity index (χ1n) is 8.18. The third kappa shape index (κ3) is 3.68. The van der Waals surface area contributed by atoms with Crippen LogP contribution < -0.4 is 4.90 Å². The van der Waals surface area contributed by atoms with Crippen molar-refractivity contribution in [2.75, 3.05) is 18.0 Å². The predicted octanol–water partition coefficient (Wildman–Crippen LogP) is 4.75. The van der Waals surface area contributed by atoms with Gasteiger partial charge >= 0.3 is 0 Å². The summed E-state index contributed by atoms with van der Waals surface area (Å²) in [4.78, 5) is 16.9. The van der Waals surface area contributed by atoms with E-state index in [0.29, 0.717) is 17.0 Å². The zero-order chi connectivity index (χ0) is 17.8. The number of aromatic nitrogens is 1. The summed E-state index contributed by atoms with van der Waals surface area (Å²) in [5.74, 6) is 0.420. The van der Waals surface area contributed by atoms with Crippen molar-refractivity contribution in [1.29, 1.82) is 0 Å². The highest BCUT2D eigenvalue weighted by Gasteiger charge is 2.10. The summed E-state index contributed by atoms with van der Waals surface area (Å²) in [6, 6.07) is 12.6. The van der Waals surface area contributed by atoms with E-state index < -0.39 is 4.92 Å². The summed E-state index contributed by atoms with van der Waals surface area (Å²) in [7, 11) is 0. The second kappa shape index (κ2) is 7.17. The molecule has 25 heavy (non-hydrogen) atoms. The molecule has 0 aliphatic heterocycles. The molecule has 0 N–H and O–H groups in total. The van der Waals surface area contributed by atoms with E-state index in [2.05, 4.69) is 35.9 Å². The Balaban J connectivity index is 1.79. The zero-order valence-electron chi connectivity index (χ0n) is 14.2. The average molecular weight is 337 g/mol. The van der Waals surface area contributed by atoms with Crippen LogP contribution >= 0.6 is 0 Å². The number of oxazole rings is 1. The number of rotatable bonds is 6. The van der Waals surface area contributed by atoms with Crippen LogP contribution in [0.3, 0.4) is 0 Å². The lowest BCUT2D eigenvalue weighted by Gasteiger charge is -2.20. The Morgan fingerprint density at radius 3 is 2.48 bits per heavy atom. The maximum absolute atomic E-state index is 10.8. The van der Waals surface area contributed by atoms with Crippen LogP contribution in [0.1, 0.15) is 25.3 Å². The molecule has 0 saturated carbocycles. The molecule has 0 spiro atoms. The van der Waals surface area contributed by atoms with E-state index in [4.69, 9.17) is 4.42 Å². The van der Waals surface area contributed by atoms with Gasteiger partial charge in [0.05, 0.1) is 4.92 Å². The van der Waals surface area contributed by atoms with E-state index in [-0.39, 0.29) is 5.69 Å². The average Bonchev–Trinajstić information content (AvgIpc) is 3.04. The molecule has 3 aromatic rings. The van der Waals surface area contributed by atoms with E-state index in [1.807, 2.05) is 18.2 Å². The van der Waals surface area contributed by atoms with Crippen LogP contribution in [-0.4, -0.2) is 23.0 Å². The quantitative estimate of drug-likeness (QED) is 0.479. The van der Waals surface area contributed by atoms with Gasteiger partial charge in [0.2, 0.25) is 5.89 Å². The maximum atomic E-state index is 10.8. The number of fused-ring (bicyclic) bond motifs is 1. The first-order chi connectivity index (χ1) is 12.1. The number of hydrogen-bond acceptors (Lipinski definition) is 5. The largest absolute Gasteiger partial charge is 0.437 e. The summed E-state index contributed by atoms with van der Waals surface area (Å²) in [6.07, 6.45) is 3.67. The SMILES string of the molecule is CCN(CC)c1ccc(/C=C/c2nc3cc([N+](=O)[O-])ccc3o2)cc1. The first-order valence-corrected chi connectivity index (χ1v) is 8.18. The van der Waals surface area contributed by atoms with Crippen LogP contribution in [0.2, 0.25) is 0 Å². The minimum Gasteiger partial charge on any atom is -0.437 e. The third-order valence-electron chi connectivity index (χ3n) is 4.04. The highest BCUT2D eigenvalue weighted by Crippen LogP contribution is 2.22. The van der Waals surface area contributed by atoms with Gasteiger partial charge in [0.15, 0.2) is 5.58 Å². The molecule has 3 rings (SSSR count). The number of non-ortho nitro benzene ring substituents is 1. The van der Waals surface area contributed by atoms with Crippen molar-refractivity contribution in [3.63, 3.8) is 0 Å². The summed E-state index contributed by atoms with van der Waals surface area (Å²) < 4.78 is 5.59. The van der Waals surface area contributed by atoms with Gasteiger partial charge in [-0.3, -0.25) is 10.1 Å². The topological polar surface area (TPSA) is 72.4 Å². The van der Waals surface area contributed by atoms with Gasteiger partial charge in [0.1, 0.15) is 5.52 Å². The van der Waals surface area contributed by atoms with Crippen molar-refractivity contribution < 1.29 is 9.34 Å². The van der Waals surface area contributed by atoms with Gasteiger partial charge in [-0.1, -0.05) is 12.1 Å². The number of hydrogen-bond donors (Lipinski definition) is 0. The predicted molar refractivity (Wildman–Crippen MR) is 99.6 cm³/mol. The smallest absolute Gasteiger partial charge is 0.271 e. The molecular formula is C19H19N3O3. The van der Waals surface area contributed by atoms with Crippen molar-refractivity contribution in [1.82, 2.24) is 4.98 Å². The summed E-state index contributed by atoms with van der Waals surface area (Å²) in [5.41, 5.74) is 3.23. The van der Waals surface area contributed by atoms with E-state index >= 15 is 0 Å². The van der Waals surface area contributed by atoms with Gasteiger partial charge in [0, 0.05) is 37.0 Å². The van der Waals surface area contributed by atoms with Crippen molar-refractivity contribution in [2.24, 2.45) is 0 Å². The molecule has 1 heterocycles. The van der Waals surface area contributed by atoms with E-state index in [0.717, 1.165) is 18.7 Å². The zero-order valence-corrected chi connectivity index (χ0v) is 14.2. The minimum absolute atomic E-state index is 0.00307. The van der Waals surface area contributed by atoms with Gasteiger partial charge in [0.25, 0.3) is 5.69 Å². The Morgan fingerprint density at radius 1 is 1.12 bits per heavy atom. The summed E-state index contributed by atoms with van der Waals surface area (Å²) in [5, 5.41) is 10.8. The molecule has 0 aliphatic rings. The Bertz CT molecular complexity index is 909. The Kier molecular flexibility index (Phi) is 4.79. The molecule has 0 fully saturated rings. The molecule has 6 heteroatoms. The third-order valence-corrected chi connectivity index (χ3v) is 4.04. The fourth-order valence-electron chi connectivity index (χ4n) is 2.67. The Morgan fingerprint density at radius 2 is 1.84 bits per heavy atom. The number of nitro groups is 1. The van der Waals surface area contributed by atoms with Crippen LogP contribution in [-0.2, 0) is 0 Å². The fraction of sp³-hybridized carbons (Fsp3) is 0.211. The molecular weight excluding hydrogens is 318 g/mol. The Labute approximate surface area is 145 Å². The molecule has 1 aromatic heterocycles. The first kappa shape index (κ1) is 16.7. The molecule has 0 radical (unpaired) electrons. The highest BCUT2D eigenvalue weighted by atomic mass is 16.6. The van der Waals surface area contributed by atoms with Crippen LogP contribution in [0.4, 0.5) is 11.4 Å². The van der Waals surface area contributed by atoms with Crippen LogP contribution in [0.25, 0.3) is 23.3 Å². The van der Waals surface area contributed by atoms with Crippen molar-refractivity contribution in [3.05, 3.63) is 64.0 Å². The van der Waals surface area contributed by atoms with Crippen LogP contribution in [0.15, 0.2) is 46.9 Å². The molecule has 0 atom stereocenters. The van der Waals surface area contributed by atoms with E-state index in [9.17, 15) is 10.1 Å². The van der Waals surface area contributed by atoms with Gasteiger partial charge in [-0.15, -0.1) is 0 Å². The van der Waals surface area contributed by atoms with Gasteiger partial charge < -0.3 is 9.32 Å². The standard InChI is InChI=1S/C19H19N3O3/c1-3-21(4-2)15-8-5-14(6-9-15)7-12-19-20-17-13-16(22(23)24)10-11-18(17)25-19/h5-13H,3-4H2,1-2H3/b12-7+. The van der Waals surface area contributed by atoms with E-state index in [1.54, 1.807) is 12.1 Å². The molecule has 0 saturated heterocycles. The lowest BCUT2D eigenvalue weighted by Crippen LogP contribution is -2.21. The number of benzene rings is 2. The minimum atomic E-state index is -0.443. The van der Waals surface area contributed by atoms with Gasteiger partial charge in [-0.2, -0.15) is 0 Å². The van der Waals surface area contributed by atoms with Crippen LogP contribution in [0, 0.1) is 10.1 Å². The number of nitro benzene ring substituents is 1. The molecule has 0 unspecified atom stereocenters. The lowest BCUT2D eigenvalue weighted by molar-refractivity contribution is -0.384. The normalized spacial score (nSPS) is 11.3. The molecule has 128 valence electrons. The lowest BCUT2D eigenvalue weighted by atomic mass is 10.2. The van der Waals surface area contributed by atoms with E-state index in [1.165, 1.54) is 17.8 Å². The molecule has 0 bridgehead atoms. The number of anilines is 1. The van der Waals surface area contributed by atoms with Crippen molar-refractivity contribution in [3.8, 4) is 0 Å². The molecule has 2 aromatic carbocycles. The Hall–Kier alpha value is -3.15. The van der Waals surface area contributed by atoms with Crippen LogP contribution in [0.5, 0.6) is 0 Å². The van der Waals surface area contributed by atoms with Crippen molar-refractivity contribution in [2.45, 2.75) is 13.8 Å².